The third-order valence-electron chi connectivity index (χ3n) is 2.09. The van der Waals surface area contributed by atoms with E-state index in [0.29, 0.717) is 12.0 Å². The number of rotatable bonds is 5. The summed E-state index contributed by atoms with van der Waals surface area (Å²) in [7, 11) is 0. The molecular formula is C12H12O5. The molecule has 0 atom stereocenters. The number of phenols is 2. The van der Waals surface area contributed by atoms with Crippen LogP contribution in [0.25, 0.3) is 6.08 Å². The molecule has 0 spiro atoms. The van der Waals surface area contributed by atoms with Crippen molar-refractivity contribution in [1.29, 1.82) is 0 Å². The molecule has 0 aromatic heterocycles. The number of Topliss-reactive ketones (excluding diaryl/α,β-unsaturated/α-hetero) is 1. The Morgan fingerprint density at radius 1 is 1.18 bits per heavy atom. The van der Waals surface area contributed by atoms with E-state index in [2.05, 4.69) is 0 Å². The monoisotopic (exact) mass is 236 g/mol. The Bertz CT molecular complexity index is 462. The van der Waals surface area contributed by atoms with Crippen LogP contribution in [0.4, 0.5) is 0 Å². The molecule has 90 valence electrons. The van der Waals surface area contributed by atoms with Gasteiger partial charge in [0.2, 0.25) is 5.78 Å². The summed E-state index contributed by atoms with van der Waals surface area (Å²) in [6, 6.07) is 4.30. The number of carboxylic acid groups (broad SMARTS) is 1. The molecule has 0 saturated heterocycles. The molecule has 0 saturated carbocycles. The minimum atomic E-state index is -1.43. The fourth-order valence-corrected chi connectivity index (χ4v) is 1.18. The van der Waals surface area contributed by atoms with Crippen LogP contribution in [0.15, 0.2) is 24.3 Å². The summed E-state index contributed by atoms with van der Waals surface area (Å²) in [4.78, 5) is 21.0. The largest absolute Gasteiger partial charge is 0.504 e. The zero-order chi connectivity index (χ0) is 12.8. The van der Waals surface area contributed by atoms with Crippen molar-refractivity contribution in [3.63, 3.8) is 0 Å². The van der Waals surface area contributed by atoms with Crippen LogP contribution in [-0.2, 0) is 9.59 Å². The van der Waals surface area contributed by atoms with Gasteiger partial charge in [-0.05, 0) is 24.1 Å². The number of benzene rings is 1. The number of allylic oxidation sites excluding steroid dienone is 1. The number of hydrogen-bond donors (Lipinski definition) is 3. The fraction of sp³-hybridized carbons (Fsp3) is 0.167. The van der Waals surface area contributed by atoms with Crippen molar-refractivity contribution in [3.05, 3.63) is 29.8 Å². The van der Waals surface area contributed by atoms with E-state index in [1.165, 1.54) is 12.1 Å². The van der Waals surface area contributed by atoms with Crippen LogP contribution < -0.4 is 0 Å². The Balaban J connectivity index is 2.51. The van der Waals surface area contributed by atoms with Crippen LogP contribution >= 0.6 is 0 Å². The van der Waals surface area contributed by atoms with Gasteiger partial charge >= 0.3 is 5.97 Å². The molecule has 0 heterocycles. The second-order valence-electron chi connectivity index (χ2n) is 3.42. The molecule has 5 heteroatoms. The lowest BCUT2D eigenvalue weighted by molar-refractivity contribution is -0.149. The summed E-state index contributed by atoms with van der Waals surface area (Å²) in [6.07, 6.45) is 3.52. The first-order valence-electron chi connectivity index (χ1n) is 4.95. The van der Waals surface area contributed by atoms with Gasteiger partial charge in [0.1, 0.15) is 0 Å². The highest BCUT2D eigenvalue weighted by atomic mass is 16.4. The van der Waals surface area contributed by atoms with Gasteiger partial charge in [0.25, 0.3) is 0 Å². The first-order chi connectivity index (χ1) is 8.00. The number of carbonyl (C=O) groups is 2. The Kier molecular flexibility index (Phi) is 4.28. The second kappa shape index (κ2) is 5.69. The standard InChI is InChI=1S/C12H12O5/c13-9-6-5-8(7-11(9)15)3-1-2-4-10(14)12(16)17/h1,3,5-7,13,15H,2,4H2,(H,16,17)/b3-1+. The van der Waals surface area contributed by atoms with Crippen molar-refractivity contribution in [2.45, 2.75) is 12.8 Å². The predicted octanol–water partition coefficient (Wildman–Crippen LogP) is 1.54. The maximum Gasteiger partial charge on any atom is 0.372 e. The predicted molar refractivity (Wildman–Crippen MR) is 60.7 cm³/mol. The van der Waals surface area contributed by atoms with Crippen LogP contribution in [0.3, 0.4) is 0 Å². The molecule has 0 bridgehead atoms. The van der Waals surface area contributed by atoms with Gasteiger partial charge in [-0.3, -0.25) is 4.79 Å². The van der Waals surface area contributed by atoms with Crippen LogP contribution in [0.1, 0.15) is 18.4 Å². The summed E-state index contributed by atoms with van der Waals surface area (Å²) in [5.74, 6) is -2.69. The summed E-state index contributed by atoms with van der Waals surface area (Å²) >= 11 is 0. The van der Waals surface area contributed by atoms with Crippen molar-refractivity contribution in [2.24, 2.45) is 0 Å². The quantitative estimate of drug-likeness (QED) is 0.532. The third-order valence-corrected chi connectivity index (χ3v) is 2.09. The van der Waals surface area contributed by atoms with E-state index in [0.717, 1.165) is 0 Å². The van der Waals surface area contributed by atoms with Crippen LogP contribution in [0, 0.1) is 0 Å². The highest BCUT2D eigenvalue weighted by molar-refractivity contribution is 6.32. The van der Waals surface area contributed by atoms with Crippen molar-refractivity contribution >= 4 is 17.8 Å². The number of aliphatic carboxylic acids is 1. The van der Waals surface area contributed by atoms with Crippen molar-refractivity contribution in [3.8, 4) is 11.5 Å². The number of ketones is 1. The molecule has 0 amide bonds. The van der Waals surface area contributed by atoms with Crippen molar-refractivity contribution in [2.75, 3.05) is 0 Å². The molecule has 0 aliphatic heterocycles. The lowest BCUT2D eigenvalue weighted by atomic mass is 10.1. The average molecular weight is 236 g/mol. The summed E-state index contributed by atoms with van der Waals surface area (Å²) in [5, 5.41) is 26.6. The van der Waals surface area contributed by atoms with Gasteiger partial charge in [0, 0.05) is 6.42 Å². The fourth-order valence-electron chi connectivity index (χ4n) is 1.18. The molecule has 1 rings (SSSR count). The van der Waals surface area contributed by atoms with Gasteiger partial charge in [0.05, 0.1) is 0 Å². The van der Waals surface area contributed by atoms with E-state index >= 15 is 0 Å². The third kappa shape index (κ3) is 3.98. The van der Waals surface area contributed by atoms with E-state index in [-0.39, 0.29) is 17.9 Å². The molecule has 0 aliphatic rings. The van der Waals surface area contributed by atoms with Crippen LogP contribution in [0.5, 0.6) is 11.5 Å². The molecular weight excluding hydrogens is 224 g/mol. The Labute approximate surface area is 97.6 Å². The molecule has 0 unspecified atom stereocenters. The lowest BCUT2D eigenvalue weighted by Crippen LogP contribution is -2.11. The Morgan fingerprint density at radius 2 is 1.88 bits per heavy atom. The van der Waals surface area contributed by atoms with E-state index in [4.69, 9.17) is 10.2 Å². The minimum absolute atomic E-state index is 0.0596. The maximum absolute atomic E-state index is 10.7. The number of hydrogen-bond acceptors (Lipinski definition) is 4. The Morgan fingerprint density at radius 3 is 2.47 bits per heavy atom. The molecule has 0 fully saturated rings. The van der Waals surface area contributed by atoms with E-state index in [9.17, 15) is 14.7 Å². The normalized spacial score (nSPS) is 10.6. The smallest absolute Gasteiger partial charge is 0.372 e. The SMILES string of the molecule is O=C(O)C(=O)CC/C=C/c1ccc(O)c(O)c1. The van der Waals surface area contributed by atoms with Gasteiger partial charge in [-0.15, -0.1) is 0 Å². The number of carbonyl (C=O) groups excluding carboxylic acids is 1. The number of carboxylic acids is 1. The van der Waals surface area contributed by atoms with Gasteiger partial charge in [0.15, 0.2) is 11.5 Å². The molecule has 1 aromatic carbocycles. The zero-order valence-corrected chi connectivity index (χ0v) is 8.96. The maximum atomic E-state index is 10.7. The molecule has 5 nitrogen and oxygen atoms in total. The van der Waals surface area contributed by atoms with Crippen molar-refractivity contribution in [1.82, 2.24) is 0 Å². The zero-order valence-electron chi connectivity index (χ0n) is 8.96. The number of aromatic hydroxyl groups is 2. The topological polar surface area (TPSA) is 94.8 Å². The van der Waals surface area contributed by atoms with Crippen molar-refractivity contribution < 1.29 is 24.9 Å². The highest BCUT2D eigenvalue weighted by Crippen LogP contribution is 2.25. The first-order valence-corrected chi connectivity index (χ1v) is 4.95. The minimum Gasteiger partial charge on any atom is -0.504 e. The number of phenolic OH excluding ortho intramolecular Hbond substituents is 2. The average Bonchev–Trinajstić information content (AvgIpc) is 2.28. The molecule has 17 heavy (non-hydrogen) atoms. The summed E-state index contributed by atoms with van der Waals surface area (Å²) in [6.45, 7) is 0. The molecule has 0 radical (unpaired) electrons. The van der Waals surface area contributed by atoms with Gasteiger partial charge in [-0.2, -0.15) is 0 Å². The first kappa shape index (κ1) is 12.8. The highest BCUT2D eigenvalue weighted by Gasteiger charge is 2.08. The van der Waals surface area contributed by atoms with Crippen LogP contribution in [0.2, 0.25) is 0 Å². The van der Waals surface area contributed by atoms with Gasteiger partial charge in [-0.1, -0.05) is 18.2 Å². The molecule has 0 aliphatic carbocycles. The van der Waals surface area contributed by atoms with Gasteiger partial charge < -0.3 is 15.3 Å². The molecule has 1 aromatic rings. The Hall–Kier alpha value is -2.30. The van der Waals surface area contributed by atoms with E-state index in [1.807, 2.05) is 0 Å². The molecule has 3 N–H and O–H groups in total. The summed E-state index contributed by atoms with van der Waals surface area (Å²) in [5.41, 5.74) is 0.656. The lowest BCUT2D eigenvalue weighted by Gasteiger charge is -1.98. The van der Waals surface area contributed by atoms with E-state index in [1.54, 1.807) is 18.2 Å². The van der Waals surface area contributed by atoms with Gasteiger partial charge in [-0.25, -0.2) is 4.79 Å². The van der Waals surface area contributed by atoms with Crippen LogP contribution in [-0.4, -0.2) is 27.1 Å². The second-order valence-corrected chi connectivity index (χ2v) is 3.42. The van der Waals surface area contributed by atoms with E-state index < -0.39 is 11.8 Å². The summed E-state index contributed by atoms with van der Waals surface area (Å²) < 4.78 is 0.